The third kappa shape index (κ3) is 2.27. The Hall–Kier alpha value is -1.54. The molecule has 2 heterocycles. The van der Waals surface area contributed by atoms with Crippen molar-refractivity contribution in [2.45, 2.75) is 31.3 Å². The maximum atomic E-state index is 13.3. The first kappa shape index (κ1) is 11.9. The van der Waals surface area contributed by atoms with Gasteiger partial charge in [-0.15, -0.1) is 0 Å². The maximum Gasteiger partial charge on any atom is 0.330 e. The van der Waals surface area contributed by atoms with Crippen LogP contribution in [0, 0.1) is 0 Å². The predicted molar refractivity (Wildman–Crippen MR) is 51.9 cm³/mol. The number of halogens is 2. The number of ether oxygens (including phenoxy) is 1. The topological polar surface area (TPSA) is 84.3 Å². The molecule has 1 saturated heterocycles. The molecule has 0 radical (unpaired) electrons. The number of alkyl halides is 2. The lowest BCUT2D eigenvalue weighted by atomic mass is 10.2. The van der Waals surface area contributed by atoms with E-state index < -0.39 is 36.1 Å². The number of aromatic amines is 1. The predicted octanol–water partition coefficient (Wildman–Crippen LogP) is -0.550. The Kier molecular flexibility index (Phi) is 3.07. The number of rotatable bonds is 2. The SMILES string of the molecule is O=c1ccn([C@H]2C[C@H](F)[C@@H]([C@@H](O)F)O2)c(=O)[nH]1. The van der Waals surface area contributed by atoms with E-state index in [4.69, 9.17) is 9.84 Å². The lowest BCUT2D eigenvalue weighted by Gasteiger charge is -2.15. The Bertz CT molecular complexity index is 512. The van der Waals surface area contributed by atoms with Crippen LogP contribution in [0.3, 0.4) is 0 Å². The van der Waals surface area contributed by atoms with Gasteiger partial charge in [0.25, 0.3) is 5.56 Å². The lowest BCUT2D eigenvalue weighted by Crippen LogP contribution is -2.32. The van der Waals surface area contributed by atoms with E-state index in [1.54, 1.807) is 0 Å². The summed E-state index contributed by atoms with van der Waals surface area (Å²) in [5.74, 6) is 0. The minimum atomic E-state index is -2.45. The third-order valence-electron chi connectivity index (χ3n) is 2.53. The van der Waals surface area contributed by atoms with Crippen LogP contribution in [0.5, 0.6) is 0 Å². The van der Waals surface area contributed by atoms with Crippen molar-refractivity contribution in [1.82, 2.24) is 9.55 Å². The Morgan fingerprint density at radius 1 is 1.59 bits per heavy atom. The summed E-state index contributed by atoms with van der Waals surface area (Å²) < 4.78 is 31.7. The molecule has 0 unspecified atom stereocenters. The van der Waals surface area contributed by atoms with Gasteiger partial charge in [0.15, 0.2) is 0 Å². The van der Waals surface area contributed by atoms with Crippen LogP contribution in [0.1, 0.15) is 12.6 Å². The van der Waals surface area contributed by atoms with Crippen molar-refractivity contribution in [2.24, 2.45) is 0 Å². The first-order valence-corrected chi connectivity index (χ1v) is 4.92. The van der Waals surface area contributed by atoms with E-state index in [-0.39, 0.29) is 6.42 Å². The second kappa shape index (κ2) is 4.38. The largest absolute Gasteiger partial charge is 0.362 e. The third-order valence-corrected chi connectivity index (χ3v) is 2.53. The molecule has 0 amide bonds. The van der Waals surface area contributed by atoms with Crippen molar-refractivity contribution in [3.63, 3.8) is 0 Å². The van der Waals surface area contributed by atoms with Gasteiger partial charge in [-0.3, -0.25) is 14.3 Å². The molecule has 0 spiro atoms. The Morgan fingerprint density at radius 3 is 2.82 bits per heavy atom. The van der Waals surface area contributed by atoms with Crippen LogP contribution in [-0.4, -0.2) is 33.3 Å². The standard InChI is InChI=1S/C9H10F2N2O4/c10-4-3-6(17-7(4)8(11)15)13-2-1-5(14)12-9(13)16/h1-2,4,6-8,15H,3H2,(H,12,14,16)/t4-,6+,7-,8+/m0/s1. The van der Waals surface area contributed by atoms with E-state index in [1.165, 1.54) is 0 Å². The zero-order valence-electron chi connectivity index (χ0n) is 8.55. The van der Waals surface area contributed by atoms with Crippen molar-refractivity contribution in [3.05, 3.63) is 33.1 Å². The van der Waals surface area contributed by atoms with E-state index in [0.717, 1.165) is 16.8 Å². The Balaban J connectivity index is 2.26. The van der Waals surface area contributed by atoms with Gasteiger partial charge in [-0.1, -0.05) is 0 Å². The van der Waals surface area contributed by atoms with Gasteiger partial charge in [-0.25, -0.2) is 13.6 Å². The molecule has 94 valence electrons. The van der Waals surface area contributed by atoms with Gasteiger partial charge in [0.2, 0.25) is 6.36 Å². The van der Waals surface area contributed by atoms with Crippen LogP contribution in [0.2, 0.25) is 0 Å². The fourth-order valence-corrected chi connectivity index (χ4v) is 1.72. The van der Waals surface area contributed by atoms with Crippen LogP contribution < -0.4 is 11.2 Å². The molecule has 0 bridgehead atoms. The van der Waals surface area contributed by atoms with Gasteiger partial charge >= 0.3 is 5.69 Å². The molecule has 1 aromatic heterocycles. The van der Waals surface area contributed by atoms with Crippen molar-refractivity contribution in [3.8, 4) is 0 Å². The first-order valence-electron chi connectivity index (χ1n) is 4.92. The zero-order chi connectivity index (χ0) is 12.6. The molecule has 1 fully saturated rings. The molecule has 0 saturated carbocycles. The molecule has 1 aromatic rings. The molecule has 4 atom stereocenters. The molecule has 8 heteroatoms. The van der Waals surface area contributed by atoms with Crippen LogP contribution in [0.15, 0.2) is 21.9 Å². The summed E-state index contributed by atoms with van der Waals surface area (Å²) in [4.78, 5) is 24.1. The minimum absolute atomic E-state index is 0.266. The monoisotopic (exact) mass is 248 g/mol. The van der Waals surface area contributed by atoms with E-state index in [0.29, 0.717) is 0 Å². The Labute approximate surface area is 93.5 Å². The molecule has 2 rings (SSSR count). The summed E-state index contributed by atoms with van der Waals surface area (Å²) in [7, 11) is 0. The number of nitrogens with one attached hydrogen (secondary N) is 1. The van der Waals surface area contributed by atoms with E-state index in [9.17, 15) is 18.4 Å². The highest BCUT2D eigenvalue weighted by molar-refractivity contribution is 4.89. The quantitative estimate of drug-likeness (QED) is 0.735. The summed E-state index contributed by atoms with van der Waals surface area (Å²) in [5.41, 5.74) is -1.37. The molecule has 0 aromatic carbocycles. The minimum Gasteiger partial charge on any atom is -0.362 e. The van der Waals surface area contributed by atoms with Crippen molar-refractivity contribution >= 4 is 0 Å². The van der Waals surface area contributed by atoms with Crippen molar-refractivity contribution in [1.29, 1.82) is 0 Å². The van der Waals surface area contributed by atoms with Gasteiger partial charge in [0, 0.05) is 18.7 Å². The summed E-state index contributed by atoms with van der Waals surface area (Å²) in [6.07, 6.45) is -5.95. The molecule has 0 aliphatic carbocycles. The van der Waals surface area contributed by atoms with Crippen LogP contribution in [-0.2, 0) is 4.74 Å². The van der Waals surface area contributed by atoms with E-state index in [2.05, 4.69) is 0 Å². The maximum absolute atomic E-state index is 13.3. The Morgan fingerprint density at radius 2 is 2.29 bits per heavy atom. The molecule has 1 aliphatic heterocycles. The van der Waals surface area contributed by atoms with Gasteiger partial charge in [-0.05, 0) is 0 Å². The number of aliphatic hydroxyl groups excluding tert-OH is 1. The number of aromatic nitrogens is 2. The van der Waals surface area contributed by atoms with Crippen LogP contribution in [0.25, 0.3) is 0 Å². The summed E-state index contributed by atoms with van der Waals surface area (Å²) in [5, 5.41) is 8.62. The zero-order valence-corrected chi connectivity index (χ0v) is 8.55. The summed E-state index contributed by atoms with van der Waals surface area (Å²) >= 11 is 0. The van der Waals surface area contributed by atoms with Gasteiger partial charge in [0.1, 0.15) is 18.5 Å². The number of H-pyrrole nitrogens is 1. The molecule has 17 heavy (non-hydrogen) atoms. The van der Waals surface area contributed by atoms with E-state index >= 15 is 0 Å². The van der Waals surface area contributed by atoms with Gasteiger partial charge < -0.3 is 9.84 Å². The molecule has 6 nitrogen and oxygen atoms in total. The number of hydrogen-bond acceptors (Lipinski definition) is 4. The average Bonchev–Trinajstić information content (AvgIpc) is 2.60. The highest BCUT2D eigenvalue weighted by Gasteiger charge is 2.41. The van der Waals surface area contributed by atoms with Crippen LogP contribution in [0.4, 0.5) is 8.78 Å². The second-order valence-electron chi connectivity index (χ2n) is 3.70. The molecule has 2 N–H and O–H groups in total. The van der Waals surface area contributed by atoms with Gasteiger partial charge in [-0.2, -0.15) is 0 Å². The van der Waals surface area contributed by atoms with Crippen LogP contribution >= 0.6 is 0 Å². The average molecular weight is 248 g/mol. The lowest BCUT2D eigenvalue weighted by molar-refractivity contribution is -0.122. The normalized spacial score (nSPS) is 30.4. The smallest absolute Gasteiger partial charge is 0.330 e. The highest BCUT2D eigenvalue weighted by atomic mass is 19.2. The molecular formula is C9H10F2N2O4. The van der Waals surface area contributed by atoms with Crippen molar-refractivity contribution < 1.29 is 18.6 Å². The first-order chi connectivity index (χ1) is 7.99. The highest BCUT2D eigenvalue weighted by Crippen LogP contribution is 2.31. The fraction of sp³-hybridized carbons (Fsp3) is 0.556. The summed E-state index contributed by atoms with van der Waals surface area (Å²) in [6, 6.07) is 1.07. The van der Waals surface area contributed by atoms with Gasteiger partial charge in [0.05, 0.1) is 0 Å². The number of aliphatic hydroxyl groups is 1. The molecular weight excluding hydrogens is 238 g/mol. The second-order valence-corrected chi connectivity index (χ2v) is 3.70. The van der Waals surface area contributed by atoms with Crippen molar-refractivity contribution in [2.75, 3.05) is 0 Å². The van der Waals surface area contributed by atoms with E-state index in [1.807, 2.05) is 4.98 Å². The molecule has 1 aliphatic rings. The fourth-order valence-electron chi connectivity index (χ4n) is 1.72. The number of hydrogen-bond donors (Lipinski definition) is 2. The number of nitrogens with zero attached hydrogens (tertiary/aromatic N) is 1. The summed E-state index contributed by atoms with van der Waals surface area (Å²) in [6.45, 7) is 0.